The first kappa shape index (κ1) is 18.1. The van der Waals surface area contributed by atoms with E-state index in [0.717, 1.165) is 11.3 Å². The van der Waals surface area contributed by atoms with E-state index in [2.05, 4.69) is 10.2 Å². The van der Waals surface area contributed by atoms with Crippen LogP contribution in [-0.2, 0) is 11.3 Å². The first-order valence-electron chi connectivity index (χ1n) is 8.66. The van der Waals surface area contributed by atoms with Gasteiger partial charge in [-0.15, -0.1) is 0 Å². The number of aliphatic hydroxyl groups is 1. The highest BCUT2D eigenvalue weighted by Gasteiger charge is 2.37. The normalized spacial score (nSPS) is 16.8. The van der Waals surface area contributed by atoms with E-state index in [1.807, 2.05) is 48.5 Å². The van der Waals surface area contributed by atoms with Crippen LogP contribution in [0.15, 0.2) is 54.6 Å². The fraction of sp³-hybridized carbons (Fsp3) is 0.300. The second kappa shape index (κ2) is 7.68. The van der Waals surface area contributed by atoms with Crippen LogP contribution in [0.3, 0.4) is 0 Å². The summed E-state index contributed by atoms with van der Waals surface area (Å²) in [6.07, 6.45) is 0.660. The molecule has 26 heavy (non-hydrogen) atoms. The molecule has 0 spiro atoms. The number of anilines is 1. The molecule has 1 heterocycles. The number of amides is 2. The molecule has 1 aliphatic rings. The minimum Gasteiger partial charge on any atom is -0.380 e. The van der Waals surface area contributed by atoms with Gasteiger partial charge in [-0.05, 0) is 42.7 Å². The molecule has 4 N–H and O–H groups in total. The van der Waals surface area contributed by atoms with Crippen LogP contribution in [0.2, 0.25) is 0 Å². The summed E-state index contributed by atoms with van der Waals surface area (Å²) in [6.45, 7) is 1.82. The Morgan fingerprint density at radius 3 is 2.42 bits per heavy atom. The molecule has 2 aromatic rings. The molecule has 3 rings (SSSR count). The molecule has 6 heteroatoms. The van der Waals surface area contributed by atoms with Gasteiger partial charge in [-0.1, -0.05) is 30.3 Å². The Hall–Kier alpha value is -2.70. The zero-order valence-electron chi connectivity index (χ0n) is 14.5. The van der Waals surface area contributed by atoms with E-state index in [0.29, 0.717) is 38.0 Å². The molecule has 0 unspecified atom stereocenters. The number of piperidine rings is 1. The van der Waals surface area contributed by atoms with Crippen LogP contribution in [0.1, 0.15) is 28.8 Å². The van der Waals surface area contributed by atoms with Crippen LogP contribution < -0.4 is 11.1 Å². The fourth-order valence-corrected chi connectivity index (χ4v) is 3.12. The lowest BCUT2D eigenvalue weighted by Gasteiger charge is -2.36. The average molecular weight is 353 g/mol. The number of likely N-dealkylation sites (tertiary alicyclic amines) is 1. The molecule has 136 valence electrons. The van der Waals surface area contributed by atoms with Gasteiger partial charge in [0, 0.05) is 30.9 Å². The van der Waals surface area contributed by atoms with E-state index in [1.54, 1.807) is 6.07 Å². The van der Waals surface area contributed by atoms with E-state index in [1.165, 1.54) is 0 Å². The van der Waals surface area contributed by atoms with Gasteiger partial charge in [0.25, 0.3) is 5.91 Å². The minimum atomic E-state index is -1.39. The summed E-state index contributed by atoms with van der Waals surface area (Å²) in [5, 5.41) is 13.0. The summed E-state index contributed by atoms with van der Waals surface area (Å²) >= 11 is 0. The van der Waals surface area contributed by atoms with Gasteiger partial charge < -0.3 is 16.2 Å². The fourth-order valence-electron chi connectivity index (χ4n) is 3.12. The van der Waals surface area contributed by atoms with E-state index in [4.69, 9.17) is 5.73 Å². The number of para-hydroxylation sites is 1. The zero-order valence-corrected chi connectivity index (χ0v) is 14.5. The van der Waals surface area contributed by atoms with Crippen LogP contribution in [-0.4, -0.2) is 40.5 Å². The number of nitrogens with two attached hydrogens (primary N) is 1. The maximum absolute atomic E-state index is 12.4. The predicted molar refractivity (Wildman–Crippen MR) is 99.5 cm³/mol. The van der Waals surface area contributed by atoms with Crippen LogP contribution in [0.5, 0.6) is 0 Å². The Morgan fingerprint density at radius 1 is 1.08 bits per heavy atom. The van der Waals surface area contributed by atoms with Crippen LogP contribution >= 0.6 is 0 Å². The molecule has 1 saturated heterocycles. The van der Waals surface area contributed by atoms with E-state index in [-0.39, 0.29) is 5.91 Å². The second-order valence-electron chi connectivity index (χ2n) is 6.69. The van der Waals surface area contributed by atoms with E-state index in [9.17, 15) is 14.7 Å². The van der Waals surface area contributed by atoms with Crippen molar-refractivity contribution in [1.82, 2.24) is 4.90 Å². The summed E-state index contributed by atoms with van der Waals surface area (Å²) in [5.74, 6) is -0.809. The number of nitrogens with one attached hydrogen (secondary N) is 1. The smallest absolute Gasteiger partial charge is 0.255 e. The lowest BCUT2D eigenvalue weighted by atomic mass is 9.90. The highest BCUT2D eigenvalue weighted by atomic mass is 16.3. The van der Waals surface area contributed by atoms with Crippen LogP contribution in [0.25, 0.3) is 0 Å². The Bertz CT molecular complexity index is 784. The van der Waals surface area contributed by atoms with Crippen molar-refractivity contribution in [3.63, 3.8) is 0 Å². The number of rotatable bonds is 5. The average Bonchev–Trinajstić information content (AvgIpc) is 2.65. The molecular formula is C20H23N3O3. The van der Waals surface area contributed by atoms with Crippen molar-refractivity contribution in [3.05, 3.63) is 65.7 Å². The van der Waals surface area contributed by atoms with Gasteiger partial charge in [0.05, 0.1) is 0 Å². The summed E-state index contributed by atoms with van der Waals surface area (Å²) in [4.78, 5) is 25.9. The number of carbonyl (C=O) groups is 2. The van der Waals surface area contributed by atoms with Crippen molar-refractivity contribution in [2.24, 2.45) is 5.73 Å². The highest BCUT2D eigenvalue weighted by Crippen LogP contribution is 2.23. The molecule has 1 aliphatic heterocycles. The van der Waals surface area contributed by atoms with Crippen molar-refractivity contribution in [3.8, 4) is 0 Å². The van der Waals surface area contributed by atoms with Gasteiger partial charge >= 0.3 is 0 Å². The van der Waals surface area contributed by atoms with Crippen molar-refractivity contribution in [1.29, 1.82) is 0 Å². The third-order valence-electron chi connectivity index (χ3n) is 4.77. The number of primary amides is 1. The largest absolute Gasteiger partial charge is 0.380 e. The molecule has 0 radical (unpaired) electrons. The Labute approximate surface area is 152 Å². The van der Waals surface area contributed by atoms with Gasteiger partial charge in [-0.3, -0.25) is 14.5 Å². The topological polar surface area (TPSA) is 95.7 Å². The number of carbonyl (C=O) groups excluding carboxylic acids is 2. The molecular weight excluding hydrogens is 330 g/mol. The molecule has 2 amide bonds. The third kappa shape index (κ3) is 4.28. The highest BCUT2D eigenvalue weighted by molar-refractivity contribution is 6.04. The van der Waals surface area contributed by atoms with Crippen molar-refractivity contribution >= 4 is 17.5 Å². The molecule has 1 fully saturated rings. The second-order valence-corrected chi connectivity index (χ2v) is 6.69. The Kier molecular flexibility index (Phi) is 5.35. The summed E-state index contributed by atoms with van der Waals surface area (Å²) < 4.78 is 0. The van der Waals surface area contributed by atoms with Gasteiger partial charge in [0.2, 0.25) is 5.91 Å². The van der Waals surface area contributed by atoms with Crippen molar-refractivity contribution in [2.75, 3.05) is 18.4 Å². The van der Waals surface area contributed by atoms with Crippen LogP contribution in [0, 0.1) is 0 Å². The van der Waals surface area contributed by atoms with Crippen molar-refractivity contribution < 1.29 is 14.7 Å². The first-order chi connectivity index (χ1) is 12.5. The molecule has 6 nitrogen and oxygen atoms in total. The van der Waals surface area contributed by atoms with Gasteiger partial charge in [-0.25, -0.2) is 0 Å². The zero-order chi connectivity index (χ0) is 18.6. The Morgan fingerprint density at radius 2 is 1.77 bits per heavy atom. The van der Waals surface area contributed by atoms with E-state index < -0.39 is 11.5 Å². The lowest BCUT2D eigenvalue weighted by molar-refractivity contribution is -0.141. The molecule has 0 atom stereocenters. The van der Waals surface area contributed by atoms with Crippen molar-refractivity contribution in [2.45, 2.75) is 25.0 Å². The molecule has 2 aromatic carbocycles. The minimum absolute atomic E-state index is 0.153. The molecule has 0 saturated carbocycles. The summed E-state index contributed by atoms with van der Waals surface area (Å²) in [6, 6.07) is 16.8. The molecule has 0 aliphatic carbocycles. The summed E-state index contributed by atoms with van der Waals surface area (Å²) in [5.41, 5.74) is 6.23. The van der Waals surface area contributed by atoms with Gasteiger partial charge in [0.1, 0.15) is 5.60 Å². The van der Waals surface area contributed by atoms with Crippen LogP contribution in [0.4, 0.5) is 5.69 Å². The quantitative estimate of drug-likeness (QED) is 0.763. The maximum atomic E-state index is 12.4. The van der Waals surface area contributed by atoms with E-state index >= 15 is 0 Å². The molecule has 0 bridgehead atoms. The number of benzene rings is 2. The first-order valence-corrected chi connectivity index (χ1v) is 8.66. The Balaban J connectivity index is 1.61. The molecule has 0 aromatic heterocycles. The number of nitrogens with zero attached hydrogens (tertiary/aromatic N) is 1. The SMILES string of the molecule is NC(=O)C1(O)CCN(Cc2cccc(C(=O)Nc3ccccc3)c2)CC1. The predicted octanol–water partition coefficient (Wildman–Crippen LogP) is 1.75. The summed E-state index contributed by atoms with van der Waals surface area (Å²) in [7, 11) is 0. The third-order valence-corrected chi connectivity index (χ3v) is 4.77. The van der Waals surface area contributed by atoms with Gasteiger partial charge in [0.15, 0.2) is 0 Å². The maximum Gasteiger partial charge on any atom is 0.255 e. The lowest BCUT2D eigenvalue weighted by Crippen LogP contribution is -2.51. The standard InChI is InChI=1S/C20H23N3O3/c21-19(25)20(26)9-11-23(12-10-20)14-15-5-4-6-16(13-15)18(24)22-17-7-2-1-3-8-17/h1-8,13,26H,9-12,14H2,(H2,21,25)(H,22,24). The van der Waals surface area contributed by atoms with Gasteiger partial charge in [-0.2, -0.15) is 0 Å². The number of hydrogen-bond donors (Lipinski definition) is 3. The monoisotopic (exact) mass is 353 g/mol. The number of hydrogen-bond acceptors (Lipinski definition) is 4.